The van der Waals surface area contributed by atoms with Crippen LogP contribution in [0.2, 0.25) is 0 Å². The molecule has 82 valence electrons. The second kappa shape index (κ2) is 5.11. The first kappa shape index (κ1) is 12.0. The Morgan fingerprint density at radius 1 is 1.47 bits per heavy atom. The van der Waals surface area contributed by atoms with Gasteiger partial charge in [0, 0.05) is 5.56 Å². The molecule has 0 aliphatic heterocycles. The lowest BCUT2D eigenvalue weighted by Crippen LogP contribution is -2.09. The minimum atomic E-state index is -0.729. The minimum absolute atomic E-state index is 0.407. The summed E-state index contributed by atoms with van der Waals surface area (Å²) in [5.41, 5.74) is 0.407. The smallest absolute Gasteiger partial charge is 0.324 e. The van der Waals surface area contributed by atoms with Gasteiger partial charge in [-0.15, -0.1) is 0 Å². The van der Waals surface area contributed by atoms with Gasteiger partial charge in [0.2, 0.25) is 0 Å². The zero-order chi connectivity index (χ0) is 11.4. The van der Waals surface area contributed by atoms with Crippen LogP contribution in [-0.2, 0) is 9.53 Å². The van der Waals surface area contributed by atoms with Crippen LogP contribution in [0.1, 0.15) is 10.4 Å². The van der Waals surface area contributed by atoms with Crippen LogP contribution < -0.4 is 4.74 Å². The zero-order valence-electron chi connectivity index (χ0n) is 8.29. The molecule has 1 aromatic carbocycles. The van der Waals surface area contributed by atoms with Gasteiger partial charge in [0.1, 0.15) is 16.4 Å². The first-order chi connectivity index (χ1) is 7.10. The van der Waals surface area contributed by atoms with Gasteiger partial charge in [-0.2, -0.15) is 0 Å². The van der Waals surface area contributed by atoms with E-state index >= 15 is 0 Å². The van der Waals surface area contributed by atoms with Crippen LogP contribution in [-0.4, -0.2) is 20.2 Å². The molecule has 5 heteroatoms. The Labute approximate surface area is 95.3 Å². The number of ether oxygens (including phenoxy) is 2. The summed E-state index contributed by atoms with van der Waals surface area (Å²) in [5, 5.41) is 0. The van der Waals surface area contributed by atoms with Gasteiger partial charge < -0.3 is 9.47 Å². The van der Waals surface area contributed by atoms with Crippen LogP contribution in [0.15, 0.2) is 18.2 Å². The molecular formula is C10H10BrFO3. The Hall–Kier alpha value is -1.10. The van der Waals surface area contributed by atoms with E-state index in [-0.39, 0.29) is 0 Å². The lowest BCUT2D eigenvalue weighted by molar-refractivity contribution is -0.139. The van der Waals surface area contributed by atoms with Gasteiger partial charge in [0.15, 0.2) is 0 Å². The fraction of sp³-hybridized carbons (Fsp3) is 0.300. The van der Waals surface area contributed by atoms with Crippen LogP contribution in [0, 0.1) is 5.82 Å². The van der Waals surface area contributed by atoms with E-state index in [0.717, 1.165) is 0 Å². The third-order valence-electron chi connectivity index (χ3n) is 1.87. The molecule has 1 atom stereocenters. The Kier molecular flexibility index (Phi) is 4.08. The van der Waals surface area contributed by atoms with E-state index in [4.69, 9.17) is 4.74 Å². The van der Waals surface area contributed by atoms with Crippen molar-refractivity contribution in [2.75, 3.05) is 14.2 Å². The molecule has 0 bridgehead atoms. The molecule has 0 radical (unpaired) electrons. The standard InChI is InChI=1S/C10H10BrFO3/c1-14-8-4-3-6(12)5-7(8)9(11)10(13)15-2/h3-5,9H,1-2H3. The highest BCUT2D eigenvalue weighted by atomic mass is 79.9. The normalized spacial score (nSPS) is 12.0. The molecule has 0 saturated carbocycles. The zero-order valence-corrected chi connectivity index (χ0v) is 9.88. The molecule has 3 nitrogen and oxygen atoms in total. The topological polar surface area (TPSA) is 35.5 Å². The van der Waals surface area contributed by atoms with Crippen molar-refractivity contribution < 1.29 is 18.7 Å². The van der Waals surface area contributed by atoms with Crippen LogP contribution in [0.4, 0.5) is 4.39 Å². The molecule has 1 unspecified atom stereocenters. The highest BCUT2D eigenvalue weighted by molar-refractivity contribution is 9.09. The second-order valence-corrected chi connectivity index (χ2v) is 3.69. The second-order valence-electron chi connectivity index (χ2n) is 2.77. The van der Waals surface area contributed by atoms with Crippen molar-refractivity contribution in [2.45, 2.75) is 4.83 Å². The van der Waals surface area contributed by atoms with Crippen molar-refractivity contribution in [1.82, 2.24) is 0 Å². The average molecular weight is 277 g/mol. The maximum absolute atomic E-state index is 13.0. The van der Waals surface area contributed by atoms with E-state index < -0.39 is 16.6 Å². The van der Waals surface area contributed by atoms with E-state index in [1.54, 1.807) is 0 Å². The summed E-state index contributed by atoms with van der Waals surface area (Å²) in [5.74, 6) is -0.498. The average Bonchev–Trinajstić information content (AvgIpc) is 2.27. The molecular weight excluding hydrogens is 267 g/mol. The van der Waals surface area contributed by atoms with Crippen molar-refractivity contribution in [3.63, 3.8) is 0 Å². The predicted octanol–water partition coefficient (Wildman–Crippen LogP) is 2.44. The molecule has 0 fully saturated rings. The summed E-state index contributed by atoms with van der Waals surface area (Å²) in [6.45, 7) is 0. The Morgan fingerprint density at radius 3 is 2.67 bits per heavy atom. The number of carbonyl (C=O) groups is 1. The van der Waals surface area contributed by atoms with Crippen molar-refractivity contribution >= 4 is 21.9 Å². The molecule has 0 amide bonds. The van der Waals surface area contributed by atoms with Gasteiger partial charge in [-0.3, -0.25) is 4.79 Å². The first-order valence-corrected chi connectivity index (χ1v) is 5.07. The number of hydrogen-bond acceptors (Lipinski definition) is 3. The molecule has 0 aliphatic rings. The van der Waals surface area contributed by atoms with Crippen molar-refractivity contribution in [2.24, 2.45) is 0 Å². The van der Waals surface area contributed by atoms with E-state index in [2.05, 4.69) is 20.7 Å². The van der Waals surface area contributed by atoms with Gasteiger partial charge >= 0.3 is 5.97 Å². The monoisotopic (exact) mass is 276 g/mol. The molecule has 0 aromatic heterocycles. The fourth-order valence-electron chi connectivity index (χ4n) is 1.13. The molecule has 0 spiro atoms. The molecule has 0 aliphatic carbocycles. The lowest BCUT2D eigenvalue weighted by atomic mass is 10.1. The van der Waals surface area contributed by atoms with E-state index in [9.17, 15) is 9.18 Å². The summed E-state index contributed by atoms with van der Waals surface area (Å²) in [7, 11) is 2.72. The number of esters is 1. The van der Waals surface area contributed by atoms with E-state index in [1.807, 2.05) is 0 Å². The Morgan fingerprint density at radius 2 is 2.13 bits per heavy atom. The van der Waals surface area contributed by atoms with Crippen LogP contribution in [0.3, 0.4) is 0 Å². The van der Waals surface area contributed by atoms with Crippen LogP contribution in [0.25, 0.3) is 0 Å². The highest BCUT2D eigenvalue weighted by Crippen LogP contribution is 2.32. The highest BCUT2D eigenvalue weighted by Gasteiger charge is 2.22. The Balaban J connectivity index is 3.10. The van der Waals surface area contributed by atoms with Crippen molar-refractivity contribution in [3.05, 3.63) is 29.6 Å². The molecule has 15 heavy (non-hydrogen) atoms. The SMILES string of the molecule is COC(=O)C(Br)c1cc(F)ccc1OC. The summed E-state index contributed by atoms with van der Waals surface area (Å²) < 4.78 is 22.5. The molecule has 0 saturated heterocycles. The molecule has 0 heterocycles. The summed E-state index contributed by atoms with van der Waals surface area (Å²) in [6.07, 6.45) is 0. The number of methoxy groups -OCH3 is 2. The largest absolute Gasteiger partial charge is 0.496 e. The maximum Gasteiger partial charge on any atom is 0.324 e. The van der Waals surface area contributed by atoms with Crippen molar-refractivity contribution in [1.29, 1.82) is 0 Å². The third-order valence-corrected chi connectivity index (χ3v) is 2.74. The predicted molar refractivity (Wildman–Crippen MR) is 56.6 cm³/mol. The van der Waals surface area contributed by atoms with Gasteiger partial charge in [0.25, 0.3) is 0 Å². The maximum atomic E-state index is 13.0. The number of halogens is 2. The Bertz CT molecular complexity index is 368. The van der Waals surface area contributed by atoms with Gasteiger partial charge in [0.05, 0.1) is 14.2 Å². The quantitative estimate of drug-likeness (QED) is 0.629. The first-order valence-electron chi connectivity index (χ1n) is 4.15. The fourth-order valence-corrected chi connectivity index (χ4v) is 1.68. The van der Waals surface area contributed by atoms with Crippen LogP contribution in [0.5, 0.6) is 5.75 Å². The molecule has 1 rings (SSSR count). The number of carbonyl (C=O) groups excluding carboxylic acids is 1. The molecule has 0 N–H and O–H groups in total. The molecule has 1 aromatic rings. The van der Waals surface area contributed by atoms with E-state index in [1.165, 1.54) is 32.4 Å². The van der Waals surface area contributed by atoms with Gasteiger partial charge in [-0.25, -0.2) is 4.39 Å². The number of benzene rings is 1. The lowest BCUT2D eigenvalue weighted by Gasteiger charge is -2.12. The number of alkyl halides is 1. The van der Waals surface area contributed by atoms with Crippen molar-refractivity contribution in [3.8, 4) is 5.75 Å². The van der Waals surface area contributed by atoms with Crippen LogP contribution >= 0.6 is 15.9 Å². The van der Waals surface area contributed by atoms with Gasteiger partial charge in [-0.05, 0) is 18.2 Å². The number of rotatable bonds is 3. The number of hydrogen-bond donors (Lipinski definition) is 0. The third kappa shape index (κ3) is 2.68. The van der Waals surface area contributed by atoms with E-state index in [0.29, 0.717) is 11.3 Å². The summed E-state index contributed by atoms with van der Waals surface area (Å²) in [6, 6.07) is 3.95. The summed E-state index contributed by atoms with van der Waals surface area (Å²) in [4.78, 5) is 10.5. The minimum Gasteiger partial charge on any atom is -0.496 e. The van der Waals surface area contributed by atoms with Gasteiger partial charge in [-0.1, -0.05) is 15.9 Å². The summed E-state index contributed by atoms with van der Waals surface area (Å²) >= 11 is 3.12.